The summed E-state index contributed by atoms with van der Waals surface area (Å²) in [5.41, 5.74) is 0.809. The minimum atomic E-state index is -3.81. The number of carbonyl (C=O) groups is 1. The number of halogens is 1. The Bertz CT molecular complexity index is 904. The van der Waals surface area contributed by atoms with Crippen LogP contribution in [0.25, 0.3) is 0 Å². The van der Waals surface area contributed by atoms with Crippen LogP contribution in [0.5, 0.6) is 0 Å². The van der Waals surface area contributed by atoms with Gasteiger partial charge in [-0.2, -0.15) is 0 Å². The van der Waals surface area contributed by atoms with Gasteiger partial charge in [-0.15, -0.1) is 0 Å². The standard InChI is InChI=1S/C18H21ClN2O4S/c1-12-5-8-14(9-6-12)26(23,24)21-16-11-13(7-10-15(16)19)20-17(22)25-18(2,3)4/h5-11,21H,1-4H3,(H,20,22). The molecule has 0 radical (unpaired) electrons. The number of sulfonamides is 1. The van der Waals surface area contributed by atoms with Crippen LogP contribution in [-0.4, -0.2) is 20.1 Å². The largest absolute Gasteiger partial charge is 0.444 e. The predicted octanol–water partition coefficient (Wildman–Crippen LogP) is 4.80. The van der Waals surface area contributed by atoms with Gasteiger partial charge in [-0.05, 0) is 58.0 Å². The molecule has 0 aliphatic carbocycles. The molecule has 2 aromatic carbocycles. The minimum Gasteiger partial charge on any atom is -0.444 e. The maximum atomic E-state index is 12.5. The lowest BCUT2D eigenvalue weighted by atomic mass is 10.2. The molecule has 6 nitrogen and oxygen atoms in total. The van der Waals surface area contributed by atoms with Gasteiger partial charge in [0, 0.05) is 5.69 Å². The highest BCUT2D eigenvalue weighted by Gasteiger charge is 2.18. The van der Waals surface area contributed by atoms with E-state index in [-0.39, 0.29) is 15.6 Å². The second-order valence-corrected chi connectivity index (χ2v) is 8.83. The lowest BCUT2D eigenvalue weighted by molar-refractivity contribution is 0.0636. The molecule has 0 saturated carbocycles. The second-order valence-electron chi connectivity index (χ2n) is 6.74. The van der Waals surface area contributed by atoms with Gasteiger partial charge in [0.05, 0.1) is 15.6 Å². The number of aryl methyl sites for hydroxylation is 1. The van der Waals surface area contributed by atoms with Gasteiger partial charge >= 0.3 is 6.09 Å². The van der Waals surface area contributed by atoms with Crippen molar-refractivity contribution in [2.75, 3.05) is 10.0 Å². The molecule has 140 valence electrons. The average Bonchev–Trinajstić information content (AvgIpc) is 2.49. The molecular formula is C18H21ClN2O4S. The van der Waals surface area contributed by atoms with Crippen molar-refractivity contribution in [2.24, 2.45) is 0 Å². The molecule has 0 spiro atoms. The van der Waals surface area contributed by atoms with Crippen LogP contribution >= 0.6 is 11.6 Å². The molecule has 1 amide bonds. The van der Waals surface area contributed by atoms with E-state index in [1.807, 2.05) is 6.92 Å². The molecule has 0 saturated heterocycles. The van der Waals surface area contributed by atoms with Crippen molar-refractivity contribution in [1.29, 1.82) is 0 Å². The first kappa shape index (κ1) is 20.1. The molecule has 0 aromatic heterocycles. The zero-order valence-corrected chi connectivity index (χ0v) is 16.5. The number of hydrogen-bond acceptors (Lipinski definition) is 4. The van der Waals surface area contributed by atoms with Gasteiger partial charge in [-0.25, -0.2) is 13.2 Å². The zero-order chi connectivity index (χ0) is 19.5. The molecule has 0 heterocycles. The van der Waals surface area contributed by atoms with Gasteiger partial charge < -0.3 is 4.74 Å². The Hall–Kier alpha value is -2.25. The van der Waals surface area contributed by atoms with E-state index < -0.39 is 21.7 Å². The predicted molar refractivity (Wildman–Crippen MR) is 103 cm³/mol. The Morgan fingerprint density at radius 3 is 2.27 bits per heavy atom. The highest BCUT2D eigenvalue weighted by molar-refractivity contribution is 7.92. The lowest BCUT2D eigenvalue weighted by Gasteiger charge is -2.20. The summed E-state index contributed by atoms with van der Waals surface area (Å²) in [5.74, 6) is 0. The van der Waals surface area contributed by atoms with E-state index in [0.717, 1.165) is 5.56 Å². The first-order valence-corrected chi connectivity index (χ1v) is 9.71. The minimum absolute atomic E-state index is 0.115. The Kier molecular flexibility index (Phi) is 5.83. The van der Waals surface area contributed by atoms with Gasteiger partial charge in [0.15, 0.2) is 0 Å². The van der Waals surface area contributed by atoms with Gasteiger partial charge in [-0.3, -0.25) is 10.0 Å². The smallest absolute Gasteiger partial charge is 0.412 e. The molecule has 0 fully saturated rings. The molecule has 0 bridgehead atoms. The van der Waals surface area contributed by atoms with E-state index in [2.05, 4.69) is 10.0 Å². The Labute approximate surface area is 158 Å². The van der Waals surface area contributed by atoms with Crippen molar-refractivity contribution in [3.05, 3.63) is 53.1 Å². The number of nitrogens with one attached hydrogen (secondary N) is 2. The van der Waals surface area contributed by atoms with Gasteiger partial charge in [0.1, 0.15) is 5.60 Å². The molecule has 0 aliphatic rings. The number of amides is 1. The maximum Gasteiger partial charge on any atom is 0.412 e. The van der Waals surface area contributed by atoms with Crippen LogP contribution in [0.4, 0.5) is 16.2 Å². The van der Waals surface area contributed by atoms with Crippen LogP contribution in [0.15, 0.2) is 47.4 Å². The number of benzene rings is 2. The molecule has 0 aliphatic heterocycles. The normalized spacial score (nSPS) is 11.7. The van der Waals surface area contributed by atoms with Crippen molar-refractivity contribution in [3.8, 4) is 0 Å². The fourth-order valence-corrected chi connectivity index (χ4v) is 3.32. The highest BCUT2D eigenvalue weighted by Crippen LogP contribution is 2.28. The molecule has 2 N–H and O–H groups in total. The fourth-order valence-electron chi connectivity index (χ4n) is 2.02. The fraction of sp³-hybridized carbons (Fsp3) is 0.278. The summed E-state index contributed by atoms with van der Waals surface area (Å²) in [4.78, 5) is 12.0. The topological polar surface area (TPSA) is 84.5 Å². The van der Waals surface area contributed by atoms with Crippen LogP contribution < -0.4 is 10.0 Å². The van der Waals surface area contributed by atoms with Gasteiger partial charge in [-0.1, -0.05) is 29.3 Å². The first-order chi connectivity index (χ1) is 12.0. The molecule has 26 heavy (non-hydrogen) atoms. The number of hydrogen-bond donors (Lipinski definition) is 2. The van der Waals surface area contributed by atoms with Crippen LogP contribution in [0.3, 0.4) is 0 Å². The average molecular weight is 397 g/mol. The van der Waals surface area contributed by atoms with Crippen LogP contribution in [-0.2, 0) is 14.8 Å². The van der Waals surface area contributed by atoms with E-state index in [1.54, 1.807) is 39.0 Å². The lowest BCUT2D eigenvalue weighted by Crippen LogP contribution is -2.27. The maximum absolute atomic E-state index is 12.5. The number of ether oxygens (including phenoxy) is 1. The summed E-state index contributed by atoms with van der Waals surface area (Å²) in [6.45, 7) is 7.10. The Morgan fingerprint density at radius 1 is 1.08 bits per heavy atom. The molecule has 2 aromatic rings. The summed E-state index contributed by atoms with van der Waals surface area (Å²) in [7, 11) is -3.81. The number of carbonyl (C=O) groups excluding carboxylic acids is 1. The van der Waals surface area contributed by atoms with Gasteiger partial charge in [0.2, 0.25) is 0 Å². The Morgan fingerprint density at radius 2 is 1.69 bits per heavy atom. The van der Waals surface area contributed by atoms with Crippen LogP contribution in [0.2, 0.25) is 5.02 Å². The number of anilines is 2. The Balaban J connectivity index is 2.22. The van der Waals surface area contributed by atoms with Crippen LogP contribution in [0, 0.1) is 6.92 Å². The molecule has 0 atom stereocenters. The van der Waals surface area contributed by atoms with E-state index in [0.29, 0.717) is 5.69 Å². The summed E-state index contributed by atoms with van der Waals surface area (Å²) >= 11 is 6.09. The number of rotatable bonds is 4. The third-order valence-electron chi connectivity index (χ3n) is 3.19. The third-order valence-corrected chi connectivity index (χ3v) is 4.90. The van der Waals surface area contributed by atoms with E-state index in [9.17, 15) is 13.2 Å². The molecular weight excluding hydrogens is 376 g/mol. The summed E-state index contributed by atoms with van der Waals surface area (Å²) in [6, 6.07) is 10.9. The zero-order valence-electron chi connectivity index (χ0n) is 15.0. The molecule has 0 unspecified atom stereocenters. The molecule has 8 heteroatoms. The van der Waals surface area contributed by atoms with Crippen molar-refractivity contribution < 1.29 is 17.9 Å². The van der Waals surface area contributed by atoms with E-state index >= 15 is 0 Å². The molecule has 2 rings (SSSR count). The monoisotopic (exact) mass is 396 g/mol. The quantitative estimate of drug-likeness (QED) is 0.777. The van der Waals surface area contributed by atoms with Crippen molar-refractivity contribution >= 4 is 39.1 Å². The third kappa shape index (κ3) is 5.64. The summed E-state index contributed by atoms with van der Waals surface area (Å²) < 4.78 is 32.6. The first-order valence-electron chi connectivity index (χ1n) is 7.85. The summed E-state index contributed by atoms with van der Waals surface area (Å²) in [6.07, 6.45) is -0.646. The van der Waals surface area contributed by atoms with Gasteiger partial charge in [0.25, 0.3) is 10.0 Å². The van der Waals surface area contributed by atoms with E-state index in [4.69, 9.17) is 16.3 Å². The van der Waals surface area contributed by atoms with Crippen molar-refractivity contribution in [2.45, 2.75) is 38.2 Å². The SMILES string of the molecule is Cc1ccc(S(=O)(=O)Nc2cc(NC(=O)OC(C)(C)C)ccc2Cl)cc1. The second kappa shape index (κ2) is 7.55. The van der Waals surface area contributed by atoms with Crippen LogP contribution in [0.1, 0.15) is 26.3 Å². The van der Waals surface area contributed by atoms with Crippen molar-refractivity contribution in [1.82, 2.24) is 0 Å². The summed E-state index contributed by atoms with van der Waals surface area (Å²) in [5, 5.41) is 2.75. The van der Waals surface area contributed by atoms with Crippen molar-refractivity contribution in [3.63, 3.8) is 0 Å². The highest BCUT2D eigenvalue weighted by atomic mass is 35.5. The van der Waals surface area contributed by atoms with E-state index in [1.165, 1.54) is 24.3 Å².